The predicted molar refractivity (Wildman–Crippen MR) is 145 cm³/mol. The van der Waals surface area contributed by atoms with Crippen molar-refractivity contribution in [1.29, 1.82) is 0 Å². The van der Waals surface area contributed by atoms with E-state index in [1.165, 1.54) is 11.1 Å². The first-order chi connectivity index (χ1) is 17.6. The number of hydrogen-bond donors (Lipinski definition) is 0. The van der Waals surface area contributed by atoms with Crippen LogP contribution in [0.5, 0.6) is 23.0 Å². The van der Waals surface area contributed by atoms with Crippen LogP contribution < -0.4 is 18.9 Å². The second kappa shape index (κ2) is 13.9. The fourth-order valence-electron chi connectivity index (χ4n) is 3.68. The van der Waals surface area contributed by atoms with E-state index < -0.39 is 0 Å². The third-order valence-electron chi connectivity index (χ3n) is 5.93. The lowest BCUT2D eigenvalue weighted by Crippen LogP contribution is -2.15. The van der Waals surface area contributed by atoms with Crippen LogP contribution in [-0.2, 0) is 25.0 Å². The Morgan fingerprint density at radius 2 is 0.703 bits per heavy atom. The van der Waals surface area contributed by atoms with Gasteiger partial charge in [0.2, 0.25) is 0 Å². The Bertz CT molecular complexity index is 882. The molecule has 0 atom stereocenters. The van der Waals surface area contributed by atoms with E-state index >= 15 is 0 Å². The summed E-state index contributed by atoms with van der Waals surface area (Å²) >= 11 is 0. The first-order valence-electron chi connectivity index (χ1n) is 13.2. The molecule has 1 aliphatic heterocycles. The number of hydrogen-bond acceptors (Lipinski definition) is 7. The molecule has 0 aromatic heterocycles. The van der Waals surface area contributed by atoms with Gasteiger partial charge in [-0.3, -0.25) is 0 Å². The Morgan fingerprint density at radius 3 is 1.03 bits per heavy atom. The van der Waals surface area contributed by atoms with Crippen LogP contribution in [0.25, 0.3) is 0 Å². The Kier molecular flexibility index (Phi) is 10.9. The maximum atomic E-state index is 6.06. The highest BCUT2D eigenvalue weighted by atomic mass is 16.6. The minimum Gasteiger partial charge on any atom is -0.487 e. The van der Waals surface area contributed by atoms with Gasteiger partial charge in [0.15, 0.2) is 23.0 Å². The highest BCUT2D eigenvalue weighted by molar-refractivity contribution is 5.45. The van der Waals surface area contributed by atoms with E-state index in [0.29, 0.717) is 89.1 Å². The Hall–Kier alpha value is -2.48. The van der Waals surface area contributed by atoms with E-state index in [1.54, 1.807) is 0 Å². The largest absolute Gasteiger partial charge is 0.487 e. The fourth-order valence-corrected chi connectivity index (χ4v) is 3.68. The highest BCUT2D eigenvalue weighted by Gasteiger charge is 2.18. The molecule has 0 radical (unpaired) electrons. The van der Waals surface area contributed by atoms with Crippen molar-refractivity contribution in [2.45, 2.75) is 52.4 Å². The third kappa shape index (κ3) is 9.72. The van der Waals surface area contributed by atoms with E-state index in [4.69, 9.17) is 33.2 Å². The summed E-state index contributed by atoms with van der Waals surface area (Å²) in [5.41, 5.74) is 2.37. The Balaban J connectivity index is 1.65. The molecule has 0 bridgehead atoms. The van der Waals surface area contributed by atoms with Crippen LogP contribution in [0.4, 0.5) is 0 Å². The summed E-state index contributed by atoms with van der Waals surface area (Å²) in [6.07, 6.45) is 0. The van der Waals surface area contributed by atoms with Crippen LogP contribution in [0, 0.1) is 0 Å². The van der Waals surface area contributed by atoms with Gasteiger partial charge in [-0.15, -0.1) is 0 Å². The van der Waals surface area contributed by atoms with Crippen LogP contribution in [-0.4, -0.2) is 66.1 Å². The molecule has 37 heavy (non-hydrogen) atoms. The summed E-state index contributed by atoms with van der Waals surface area (Å²) < 4.78 is 41.1. The predicted octanol–water partition coefficient (Wildman–Crippen LogP) is 5.56. The molecule has 7 heteroatoms. The molecular weight excluding hydrogens is 472 g/mol. The molecule has 2 aromatic carbocycles. The Morgan fingerprint density at radius 1 is 0.405 bits per heavy atom. The summed E-state index contributed by atoms with van der Waals surface area (Å²) in [5.74, 6) is 2.82. The van der Waals surface area contributed by atoms with Crippen LogP contribution in [0.1, 0.15) is 52.7 Å². The molecular formula is C30H44O7. The number of ether oxygens (including phenoxy) is 7. The minimum absolute atomic E-state index is 0.00412. The standard InChI is InChI=1S/C30H44O7/c1-29(2,3)23-7-9-25-27(21-23)36-19-15-33-16-20-37-28-22-24(30(4,5)6)8-10-26(28)35-18-14-32-12-11-31-13-17-34-25/h7-10,21-22H,11-20H2,1-6H3. The molecule has 0 N–H and O–H groups in total. The van der Waals surface area contributed by atoms with Crippen LogP contribution >= 0.6 is 0 Å². The van der Waals surface area contributed by atoms with Crippen LogP contribution in [0.3, 0.4) is 0 Å². The topological polar surface area (TPSA) is 64.6 Å². The summed E-state index contributed by atoms with van der Waals surface area (Å²) in [6, 6.07) is 12.2. The molecule has 206 valence electrons. The van der Waals surface area contributed by atoms with Crippen molar-refractivity contribution in [3.8, 4) is 23.0 Å². The summed E-state index contributed by atoms with van der Waals surface area (Å²) in [5, 5.41) is 0. The van der Waals surface area contributed by atoms with Gasteiger partial charge in [-0.25, -0.2) is 0 Å². The Labute approximate surface area is 222 Å². The lowest BCUT2D eigenvalue weighted by atomic mass is 9.87. The number of rotatable bonds is 0. The molecule has 0 aliphatic carbocycles. The van der Waals surface area contributed by atoms with Gasteiger partial charge in [0.25, 0.3) is 0 Å². The van der Waals surface area contributed by atoms with Crippen molar-refractivity contribution in [1.82, 2.24) is 0 Å². The molecule has 0 saturated carbocycles. The van der Waals surface area contributed by atoms with Gasteiger partial charge in [0.1, 0.15) is 26.4 Å². The minimum atomic E-state index is 0.00412. The zero-order valence-electron chi connectivity index (χ0n) is 23.4. The quantitative estimate of drug-likeness (QED) is 0.454. The molecule has 2 aromatic rings. The van der Waals surface area contributed by atoms with Crippen molar-refractivity contribution in [3.05, 3.63) is 47.5 Å². The molecule has 0 saturated heterocycles. The molecule has 0 amide bonds. The first kappa shape index (κ1) is 29.1. The van der Waals surface area contributed by atoms with Crippen molar-refractivity contribution < 1.29 is 33.2 Å². The van der Waals surface area contributed by atoms with Crippen LogP contribution in [0.2, 0.25) is 0 Å². The zero-order valence-corrected chi connectivity index (χ0v) is 23.4. The van der Waals surface area contributed by atoms with E-state index in [2.05, 4.69) is 53.7 Å². The smallest absolute Gasteiger partial charge is 0.161 e. The lowest BCUT2D eigenvalue weighted by molar-refractivity contribution is 0.0268. The summed E-state index contributed by atoms with van der Waals surface area (Å²) in [4.78, 5) is 0. The van der Waals surface area contributed by atoms with Crippen molar-refractivity contribution in [2.75, 3.05) is 66.1 Å². The number of fused-ring (bicyclic) bond motifs is 2. The molecule has 1 heterocycles. The van der Waals surface area contributed by atoms with Gasteiger partial charge in [-0.05, 0) is 46.2 Å². The van der Waals surface area contributed by atoms with E-state index in [1.807, 2.05) is 24.3 Å². The third-order valence-corrected chi connectivity index (χ3v) is 5.93. The lowest BCUT2D eigenvalue weighted by Gasteiger charge is -2.22. The van der Waals surface area contributed by atoms with Gasteiger partial charge >= 0.3 is 0 Å². The molecule has 0 spiro atoms. The summed E-state index contributed by atoms with van der Waals surface area (Å²) in [6.45, 7) is 17.5. The van der Waals surface area contributed by atoms with Gasteiger partial charge in [0.05, 0.1) is 39.6 Å². The van der Waals surface area contributed by atoms with E-state index in [9.17, 15) is 0 Å². The van der Waals surface area contributed by atoms with E-state index in [-0.39, 0.29) is 10.8 Å². The van der Waals surface area contributed by atoms with Gasteiger partial charge in [0, 0.05) is 0 Å². The monoisotopic (exact) mass is 516 g/mol. The average molecular weight is 517 g/mol. The maximum absolute atomic E-state index is 6.06. The SMILES string of the molecule is CC(C)(C)c1ccc2c(c1)OCCOCCOc1cc(C(C)(C)C)ccc1OCCOCCOCCO2. The van der Waals surface area contributed by atoms with Gasteiger partial charge < -0.3 is 33.2 Å². The second-order valence-corrected chi connectivity index (χ2v) is 11.1. The molecule has 0 fully saturated rings. The second-order valence-electron chi connectivity index (χ2n) is 11.1. The van der Waals surface area contributed by atoms with Crippen LogP contribution in [0.15, 0.2) is 36.4 Å². The number of benzene rings is 2. The molecule has 3 rings (SSSR count). The first-order valence-corrected chi connectivity index (χ1v) is 13.2. The molecule has 1 aliphatic rings. The fraction of sp³-hybridized carbons (Fsp3) is 0.600. The summed E-state index contributed by atoms with van der Waals surface area (Å²) in [7, 11) is 0. The highest BCUT2D eigenvalue weighted by Crippen LogP contribution is 2.34. The van der Waals surface area contributed by atoms with Gasteiger partial charge in [-0.2, -0.15) is 0 Å². The van der Waals surface area contributed by atoms with Crippen molar-refractivity contribution in [3.63, 3.8) is 0 Å². The molecule has 0 unspecified atom stereocenters. The van der Waals surface area contributed by atoms with Gasteiger partial charge in [-0.1, -0.05) is 53.7 Å². The normalized spacial score (nSPS) is 17.5. The maximum Gasteiger partial charge on any atom is 0.161 e. The zero-order chi connectivity index (χ0) is 26.7. The molecule has 7 nitrogen and oxygen atoms in total. The van der Waals surface area contributed by atoms with E-state index in [0.717, 1.165) is 0 Å². The van der Waals surface area contributed by atoms with Crippen molar-refractivity contribution in [2.24, 2.45) is 0 Å². The average Bonchev–Trinajstić information content (AvgIpc) is 2.83. The van der Waals surface area contributed by atoms with Crippen molar-refractivity contribution >= 4 is 0 Å².